The highest BCUT2D eigenvalue weighted by Crippen LogP contribution is 2.24. The normalized spacial score (nSPS) is 12.4. The minimum absolute atomic E-state index is 0.0341. The Kier molecular flexibility index (Phi) is 7.94. The number of aliphatic carboxylic acids is 1. The average Bonchev–Trinajstić information content (AvgIpc) is 2.17. The molecule has 1 unspecified atom stereocenters. The van der Waals surface area contributed by atoms with Gasteiger partial charge < -0.3 is 15.3 Å². The van der Waals surface area contributed by atoms with Crippen molar-refractivity contribution < 1.29 is 20.1 Å². The summed E-state index contributed by atoms with van der Waals surface area (Å²) in [4.78, 5) is 9.13. The lowest BCUT2D eigenvalue weighted by Crippen LogP contribution is -2.36. The predicted octanol–water partition coefficient (Wildman–Crippen LogP) is 0.726. The van der Waals surface area contributed by atoms with Crippen molar-refractivity contribution in [3.8, 4) is 12.3 Å². The fraction of sp³-hybridized carbons (Fsp3) is 0.727. The number of hydrogen-bond acceptors (Lipinski definition) is 3. The zero-order valence-electron chi connectivity index (χ0n) is 9.69. The number of aliphatic hydroxyl groups excluding tert-OH is 2. The van der Waals surface area contributed by atoms with E-state index in [2.05, 4.69) is 6.42 Å². The molecule has 0 saturated heterocycles. The highest BCUT2D eigenvalue weighted by atomic mass is 16.4. The summed E-state index contributed by atoms with van der Waals surface area (Å²) >= 11 is 0. The lowest BCUT2D eigenvalue weighted by molar-refractivity contribution is -0.130. The van der Waals surface area contributed by atoms with E-state index in [1.807, 2.05) is 27.7 Å². The summed E-state index contributed by atoms with van der Waals surface area (Å²) < 4.78 is 0. The van der Waals surface area contributed by atoms with E-state index in [1.54, 1.807) is 0 Å². The number of carboxylic acid groups (broad SMARTS) is 1. The van der Waals surface area contributed by atoms with Crippen molar-refractivity contribution in [2.75, 3.05) is 6.61 Å². The maximum absolute atomic E-state index is 9.49. The van der Waals surface area contributed by atoms with E-state index in [0.29, 0.717) is 0 Å². The Bertz CT molecular complexity index is 225. The summed E-state index contributed by atoms with van der Waals surface area (Å²) in [7, 11) is 0. The second-order valence-corrected chi connectivity index (χ2v) is 4.29. The third-order valence-electron chi connectivity index (χ3n) is 1.96. The number of terminal acetylenes is 1. The largest absolute Gasteiger partial charge is 0.472 e. The number of rotatable bonds is 3. The highest BCUT2D eigenvalue weighted by Gasteiger charge is 2.28. The number of aliphatic hydroxyl groups is 2. The van der Waals surface area contributed by atoms with Crippen molar-refractivity contribution >= 4 is 5.97 Å². The van der Waals surface area contributed by atoms with Crippen molar-refractivity contribution in [2.45, 2.75) is 33.8 Å². The average molecular weight is 216 g/mol. The Labute approximate surface area is 90.9 Å². The van der Waals surface area contributed by atoms with E-state index in [4.69, 9.17) is 15.0 Å². The van der Waals surface area contributed by atoms with E-state index in [1.165, 1.54) is 5.92 Å². The van der Waals surface area contributed by atoms with Gasteiger partial charge in [0.1, 0.15) is 0 Å². The summed E-state index contributed by atoms with van der Waals surface area (Å²) in [5.41, 5.74) is -0.367. The molecule has 0 radical (unpaired) electrons. The molecule has 0 aromatic heterocycles. The van der Waals surface area contributed by atoms with Gasteiger partial charge in [-0.2, -0.15) is 0 Å². The topological polar surface area (TPSA) is 77.8 Å². The fourth-order valence-corrected chi connectivity index (χ4v) is 0.996. The molecule has 1 atom stereocenters. The minimum Gasteiger partial charge on any atom is -0.472 e. The standard InChI is InChI=1S/C8H18O2.C3H2O2/c1-6(2)7(10)8(3,4)5-9;1-2-3(4)5/h6-7,9-10H,5H2,1-4H3;1H,(H,4,5). The lowest BCUT2D eigenvalue weighted by Gasteiger charge is -2.30. The Morgan fingerprint density at radius 2 is 1.80 bits per heavy atom. The zero-order valence-corrected chi connectivity index (χ0v) is 9.69. The van der Waals surface area contributed by atoms with Crippen LogP contribution in [-0.2, 0) is 4.79 Å². The van der Waals surface area contributed by atoms with Crippen molar-refractivity contribution in [1.29, 1.82) is 0 Å². The summed E-state index contributed by atoms with van der Waals surface area (Å²) in [5, 5.41) is 25.8. The van der Waals surface area contributed by atoms with Crippen LogP contribution in [0.25, 0.3) is 0 Å². The molecule has 0 bridgehead atoms. The third-order valence-corrected chi connectivity index (χ3v) is 1.96. The molecule has 15 heavy (non-hydrogen) atoms. The van der Waals surface area contributed by atoms with Crippen molar-refractivity contribution in [2.24, 2.45) is 11.3 Å². The molecule has 0 aliphatic rings. The summed E-state index contributed by atoms with van der Waals surface area (Å²) in [5.74, 6) is 0.437. The fourth-order valence-electron chi connectivity index (χ4n) is 0.996. The van der Waals surface area contributed by atoms with Crippen molar-refractivity contribution in [1.82, 2.24) is 0 Å². The van der Waals surface area contributed by atoms with Crippen molar-refractivity contribution in [3.05, 3.63) is 0 Å². The van der Waals surface area contributed by atoms with Gasteiger partial charge in [0.2, 0.25) is 0 Å². The van der Waals surface area contributed by atoms with Crippen LogP contribution in [-0.4, -0.2) is 34.0 Å². The monoisotopic (exact) mass is 216 g/mol. The molecule has 0 aromatic carbocycles. The molecule has 0 aliphatic carbocycles. The molecule has 4 heteroatoms. The quantitative estimate of drug-likeness (QED) is 0.608. The Hall–Kier alpha value is -1.05. The SMILES string of the molecule is C#CC(=O)O.CC(C)C(O)C(C)(C)CO. The maximum Gasteiger partial charge on any atom is 0.381 e. The molecule has 88 valence electrons. The Morgan fingerprint density at radius 3 is 1.87 bits per heavy atom. The van der Waals surface area contributed by atoms with Gasteiger partial charge in [-0.15, -0.1) is 6.42 Å². The van der Waals surface area contributed by atoms with Gasteiger partial charge in [-0.1, -0.05) is 27.7 Å². The maximum atomic E-state index is 9.49. The van der Waals surface area contributed by atoms with E-state index in [0.717, 1.165) is 0 Å². The van der Waals surface area contributed by atoms with Crippen LogP contribution >= 0.6 is 0 Å². The zero-order chi connectivity index (χ0) is 12.6. The van der Waals surface area contributed by atoms with Gasteiger partial charge >= 0.3 is 5.97 Å². The van der Waals surface area contributed by atoms with Crippen LogP contribution < -0.4 is 0 Å². The van der Waals surface area contributed by atoms with Crippen LogP contribution in [0, 0.1) is 23.7 Å². The minimum atomic E-state index is -1.22. The number of carboxylic acids is 1. The van der Waals surface area contributed by atoms with Crippen molar-refractivity contribution in [3.63, 3.8) is 0 Å². The van der Waals surface area contributed by atoms with E-state index < -0.39 is 12.1 Å². The molecule has 0 saturated carbocycles. The third kappa shape index (κ3) is 7.98. The van der Waals surface area contributed by atoms with Crippen LogP contribution in [0.1, 0.15) is 27.7 Å². The molecule has 0 aliphatic heterocycles. The van der Waals surface area contributed by atoms with Crippen LogP contribution in [0.4, 0.5) is 0 Å². The smallest absolute Gasteiger partial charge is 0.381 e. The number of carbonyl (C=O) groups is 1. The van der Waals surface area contributed by atoms with Crippen LogP contribution in [0.15, 0.2) is 0 Å². The summed E-state index contributed by atoms with van der Waals surface area (Å²) in [6.45, 7) is 7.64. The Morgan fingerprint density at radius 1 is 1.47 bits per heavy atom. The van der Waals surface area contributed by atoms with E-state index in [9.17, 15) is 5.11 Å². The molecular formula is C11H20O4. The predicted molar refractivity (Wildman–Crippen MR) is 58.2 cm³/mol. The molecule has 0 heterocycles. The van der Waals surface area contributed by atoms with Gasteiger partial charge in [-0.3, -0.25) is 0 Å². The molecule has 0 aromatic rings. The first-order valence-electron chi connectivity index (χ1n) is 4.67. The first-order valence-corrected chi connectivity index (χ1v) is 4.67. The highest BCUT2D eigenvalue weighted by molar-refractivity contribution is 5.85. The second kappa shape index (κ2) is 7.27. The van der Waals surface area contributed by atoms with Crippen LogP contribution in [0.3, 0.4) is 0 Å². The first kappa shape index (κ1) is 16.4. The van der Waals surface area contributed by atoms with E-state index >= 15 is 0 Å². The van der Waals surface area contributed by atoms with Gasteiger partial charge in [-0.05, 0) is 5.92 Å². The van der Waals surface area contributed by atoms with Gasteiger partial charge in [0.25, 0.3) is 0 Å². The molecular weight excluding hydrogens is 196 g/mol. The second-order valence-electron chi connectivity index (χ2n) is 4.29. The van der Waals surface area contributed by atoms with Gasteiger partial charge in [0, 0.05) is 11.3 Å². The molecule has 0 rings (SSSR count). The molecule has 4 nitrogen and oxygen atoms in total. The molecule has 0 fully saturated rings. The lowest BCUT2D eigenvalue weighted by atomic mass is 9.82. The molecule has 0 spiro atoms. The first-order chi connectivity index (χ1) is 6.68. The van der Waals surface area contributed by atoms with Gasteiger partial charge in [0.15, 0.2) is 0 Å². The van der Waals surface area contributed by atoms with Crippen LogP contribution in [0.2, 0.25) is 0 Å². The number of hydrogen-bond donors (Lipinski definition) is 3. The summed E-state index contributed by atoms with van der Waals surface area (Å²) in [6, 6.07) is 0. The van der Waals surface area contributed by atoms with Gasteiger partial charge in [0.05, 0.1) is 12.7 Å². The summed E-state index contributed by atoms with van der Waals surface area (Å²) in [6.07, 6.45) is 3.90. The molecule has 3 N–H and O–H groups in total. The molecule has 0 amide bonds. The van der Waals surface area contributed by atoms with Crippen LogP contribution in [0.5, 0.6) is 0 Å². The Balaban J connectivity index is 0. The van der Waals surface area contributed by atoms with Gasteiger partial charge in [-0.25, -0.2) is 4.79 Å². The van der Waals surface area contributed by atoms with E-state index in [-0.39, 0.29) is 17.9 Å².